The number of methoxy groups -OCH3 is 2. The number of hydrogen-bond donors (Lipinski definition) is 1. The molecule has 2 radical (unpaired) electrons. The second-order valence-electron chi connectivity index (χ2n) is 5.53. The maximum absolute atomic E-state index is 12.9. The molecule has 0 saturated carbocycles. The third kappa shape index (κ3) is 2.27. The van der Waals surface area contributed by atoms with Crippen molar-refractivity contribution in [2.24, 2.45) is 0 Å². The van der Waals surface area contributed by atoms with E-state index >= 15 is 0 Å². The van der Waals surface area contributed by atoms with E-state index < -0.39 is 0 Å². The van der Waals surface area contributed by atoms with Crippen LogP contribution in [0.4, 0.5) is 5.69 Å². The first-order chi connectivity index (χ1) is 10.5. The van der Waals surface area contributed by atoms with Gasteiger partial charge in [-0.1, -0.05) is 0 Å². The summed E-state index contributed by atoms with van der Waals surface area (Å²) in [5, 5.41) is 10.0. The first kappa shape index (κ1) is 15.6. The third-order valence-electron chi connectivity index (χ3n) is 4.20. The van der Waals surface area contributed by atoms with E-state index in [-0.39, 0.29) is 23.9 Å². The van der Waals surface area contributed by atoms with Crippen molar-refractivity contribution >= 4 is 36.3 Å². The molecule has 1 N–H and O–H groups in total. The summed E-state index contributed by atoms with van der Waals surface area (Å²) in [5.74, 6) is 0.247. The summed E-state index contributed by atoms with van der Waals surface area (Å²) in [5.41, 5.74) is 2.25. The van der Waals surface area contributed by atoms with Crippen LogP contribution >= 0.6 is 0 Å². The molecule has 1 fully saturated rings. The number of phenols is 1. The van der Waals surface area contributed by atoms with E-state index in [0.29, 0.717) is 23.5 Å². The standard InChI is InChI=1S/C15H18N2O4.In/c1-8-4-11-14(21-3)16-10-6-12(18)13(20-2)5-9(10)15(19)17(11)7-8;/h5-6,11,14H,1,4,7H2,2-3H3,(H2,16,18,19);/q;+1/p-1/t11-,14-;/m0./s1. The van der Waals surface area contributed by atoms with E-state index in [1.807, 2.05) is 7.79 Å². The van der Waals surface area contributed by atoms with E-state index in [4.69, 9.17) is 9.47 Å². The summed E-state index contributed by atoms with van der Waals surface area (Å²) in [6.07, 6.45) is 0.498. The van der Waals surface area contributed by atoms with Crippen molar-refractivity contribution in [2.75, 3.05) is 23.7 Å². The second kappa shape index (κ2) is 5.70. The Morgan fingerprint density at radius 3 is 2.77 bits per heavy atom. The molecule has 2 heterocycles. The van der Waals surface area contributed by atoms with Gasteiger partial charge in [0, 0.05) is 0 Å². The fraction of sp³-hybridized carbons (Fsp3) is 0.400. The Bertz CT molecular complexity index is 649. The van der Waals surface area contributed by atoms with Gasteiger partial charge < -0.3 is 0 Å². The van der Waals surface area contributed by atoms with Crippen LogP contribution < -0.4 is 7.62 Å². The molecule has 0 bridgehead atoms. The number of phenolic OH excluding ortho intramolecular Hbond substituents is 1. The maximum atomic E-state index is 12.9. The van der Waals surface area contributed by atoms with Crippen molar-refractivity contribution in [3.63, 3.8) is 0 Å². The molecule has 3 rings (SSSR count). The van der Waals surface area contributed by atoms with Gasteiger partial charge in [-0.3, -0.25) is 0 Å². The Hall–Kier alpha value is -1.34. The van der Waals surface area contributed by atoms with E-state index in [1.165, 1.54) is 7.11 Å². The summed E-state index contributed by atoms with van der Waals surface area (Å²) < 4.78 is 12.8. The summed E-state index contributed by atoms with van der Waals surface area (Å²) in [6.45, 7) is 4.56. The SMILES string of the molecule is C=C1C[C@H]2[C@H](OC)[N]([In])c3cc(O)c(OC)cc3C(=O)N2C1. The molecule has 2 atom stereocenters. The first-order valence-corrected chi connectivity index (χ1v) is 8.40. The van der Waals surface area contributed by atoms with Crippen molar-refractivity contribution in [1.82, 2.24) is 4.90 Å². The van der Waals surface area contributed by atoms with Gasteiger partial charge in [0.25, 0.3) is 0 Å². The molecule has 1 aromatic rings. The summed E-state index contributed by atoms with van der Waals surface area (Å²) >= 11 is 0.736. The number of fused-ring (bicyclic) bond motifs is 2. The van der Waals surface area contributed by atoms with Crippen LogP contribution in [0.5, 0.6) is 11.5 Å². The van der Waals surface area contributed by atoms with Crippen molar-refractivity contribution in [3.05, 3.63) is 29.8 Å². The Kier molecular flexibility index (Phi) is 4.03. The predicted octanol–water partition coefficient (Wildman–Crippen LogP) is 1.05. The second-order valence-corrected chi connectivity index (χ2v) is 7.12. The van der Waals surface area contributed by atoms with Crippen LogP contribution in [0, 0.1) is 0 Å². The molecule has 1 saturated heterocycles. The molecule has 22 heavy (non-hydrogen) atoms. The van der Waals surface area contributed by atoms with Crippen molar-refractivity contribution in [3.8, 4) is 11.5 Å². The van der Waals surface area contributed by atoms with Crippen LogP contribution in [0.25, 0.3) is 0 Å². The third-order valence-corrected chi connectivity index (χ3v) is 5.84. The van der Waals surface area contributed by atoms with E-state index in [9.17, 15) is 9.90 Å². The van der Waals surface area contributed by atoms with E-state index in [2.05, 4.69) is 6.58 Å². The van der Waals surface area contributed by atoms with Crippen LogP contribution in [0.3, 0.4) is 0 Å². The zero-order valence-corrected chi connectivity index (χ0v) is 15.9. The number of ether oxygens (including phenoxy) is 2. The van der Waals surface area contributed by atoms with Crippen molar-refractivity contribution in [1.29, 1.82) is 0 Å². The number of carbonyl (C=O) groups excluding carboxylic acids is 1. The molecular weight excluding hydrogens is 387 g/mol. The molecule has 7 heteroatoms. The number of amides is 1. The van der Waals surface area contributed by atoms with Gasteiger partial charge in [-0.2, -0.15) is 0 Å². The van der Waals surface area contributed by atoms with Crippen LogP contribution in [0.15, 0.2) is 24.3 Å². The van der Waals surface area contributed by atoms with Gasteiger partial charge in [0.15, 0.2) is 0 Å². The van der Waals surface area contributed by atoms with Gasteiger partial charge in [0.2, 0.25) is 0 Å². The Balaban J connectivity index is 2.17. The normalized spacial score (nSPS) is 24.1. The summed E-state index contributed by atoms with van der Waals surface area (Å²) in [7, 11) is 3.12. The van der Waals surface area contributed by atoms with Gasteiger partial charge in [-0.15, -0.1) is 0 Å². The van der Waals surface area contributed by atoms with Gasteiger partial charge >= 0.3 is 144 Å². The van der Waals surface area contributed by atoms with E-state index in [1.54, 1.807) is 19.2 Å². The number of carbonyl (C=O) groups is 1. The first-order valence-electron chi connectivity index (χ1n) is 6.93. The van der Waals surface area contributed by atoms with Crippen molar-refractivity contribution < 1.29 is 19.4 Å². The quantitative estimate of drug-likeness (QED) is 0.747. The molecule has 2 aliphatic heterocycles. The fourth-order valence-electron chi connectivity index (χ4n) is 3.16. The Morgan fingerprint density at radius 2 is 2.14 bits per heavy atom. The number of anilines is 1. The molecule has 6 nitrogen and oxygen atoms in total. The van der Waals surface area contributed by atoms with Crippen LogP contribution in [-0.4, -0.2) is 73.6 Å². The Morgan fingerprint density at radius 1 is 1.41 bits per heavy atom. The monoisotopic (exact) mass is 404 g/mol. The number of benzene rings is 1. The van der Waals surface area contributed by atoms with Crippen molar-refractivity contribution in [2.45, 2.75) is 18.7 Å². The number of hydrogen-bond acceptors (Lipinski definition) is 5. The summed E-state index contributed by atoms with van der Waals surface area (Å²) in [4.78, 5) is 14.7. The van der Waals surface area contributed by atoms with E-state index in [0.717, 1.165) is 36.7 Å². The average Bonchev–Trinajstić information content (AvgIpc) is 2.85. The van der Waals surface area contributed by atoms with Gasteiger partial charge in [0.05, 0.1) is 0 Å². The molecule has 0 aliphatic carbocycles. The Labute approximate surface area is 144 Å². The topological polar surface area (TPSA) is 62.2 Å². The van der Waals surface area contributed by atoms with Crippen LogP contribution in [0.1, 0.15) is 16.8 Å². The zero-order valence-electron chi connectivity index (χ0n) is 12.6. The molecule has 0 spiro atoms. The molecule has 0 unspecified atom stereocenters. The molecule has 2 aliphatic rings. The minimum atomic E-state index is -0.236. The van der Waals surface area contributed by atoms with Gasteiger partial charge in [0.1, 0.15) is 0 Å². The molecule has 0 aromatic heterocycles. The zero-order chi connectivity index (χ0) is 16.0. The summed E-state index contributed by atoms with van der Waals surface area (Å²) in [6, 6.07) is 3.13. The van der Waals surface area contributed by atoms with Gasteiger partial charge in [-0.25, -0.2) is 0 Å². The average molecular weight is 404 g/mol. The minimum absolute atomic E-state index is 0.0229. The number of rotatable bonds is 2. The number of nitrogens with zero attached hydrogens (tertiary/aromatic N) is 2. The predicted molar refractivity (Wildman–Crippen MR) is 82.3 cm³/mol. The van der Waals surface area contributed by atoms with Crippen LogP contribution in [-0.2, 0) is 4.74 Å². The molecule has 1 aromatic carbocycles. The molecule has 114 valence electrons. The van der Waals surface area contributed by atoms with Crippen LogP contribution in [0.2, 0.25) is 0 Å². The molecular formula is C15H17InN2O4. The fourth-order valence-corrected chi connectivity index (χ4v) is 4.68. The number of aromatic hydroxyl groups is 1. The van der Waals surface area contributed by atoms with Gasteiger partial charge in [-0.05, 0) is 0 Å². The molecule has 1 amide bonds.